The van der Waals surface area contributed by atoms with Gasteiger partial charge < -0.3 is 15.0 Å². The number of fused-ring (bicyclic) bond motifs is 1. The average Bonchev–Trinajstić information content (AvgIpc) is 2.78. The molecular weight excluding hydrogens is 192 g/mol. The Hall–Kier alpha value is -0.610. The zero-order valence-corrected chi connectivity index (χ0v) is 9.37. The van der Waals surface area contributed by atoms with Crippen LogP contribution in [0.3, 0.4) is 0 Å². The average molecular weight is 212 g/mol. The van der Waals surface area contributed by atoms with Gasteiger partial charge in [-0.05, 0) is 18.8 Å². The first-order valence-electron chi connectivity index (χ1n) is 5.91. The van der Waals surface area contributed by atoms with Crippen LogP contribution in [-0.4, -0.2) is 49.7 Å². The van der Waals surface area contributed by atoms with E-state index in [2.05, 4.69) is 12.2 Å². The lowest BCUT2D eigenvalue weighted by Crippen LogP contribution is -2.41. The molecule has 0 radical (unpaired) electrons. The summed E-state index contributed by atoms with van der Waals surface area (Å²) in [6.07, 6.45) is 2.12. The van der Waals surface area contributed by atoms with E-state index in [1.807, 2.05) is 4.90 Å². The van der Waals surface area contributed by atoms with E-state index in [0.29, 0.717) is 18.6 Å². The van der Waals surface area contributed by atoms with E-state index in [-0.39, 0.29) is 12.5 Å². The smallest absolute Gasteiger partial charge is 0.248 e. The fourth-order valence-electron chi connectivity index (χ4n) is 2.55. The lowest BCUT2D eigenvalue weighted by molar-refractivity contribution is -0.136. The molecule has 4 nitrogen and oxygen atoms in total. The van der Waals surface area contributed by atoms with Crippen LogP contribution in [0.4, 0.5) is 0 Å². The summed E-state index contributed by atoms with van der Waals surface area (Å²) in [5.41, 5.74) is 0. The second-order valence-electron chi connectivity index (χ2n) is 4.41. The Morgan fingerprint density at radius 2 is 2.40 bits per heavy atom. The highest BCUT2D eigenvalue weighted by Gasteiger charge is 2.39. The highest BCUT2D eigenvalue weighted by atomic mass is 16.5. The van der Waals surface area contributed by atoms with E-state index in [9.17, 15) is 4.79 Å². The van der Waals surface area contributed by atoms with Crippen molar-refractivity contribution in [3.05, 3.63) is 0 Å². The number of nitrogens with zero attached hydrogens (tertiary/aromatic N) is 1. The molecule has 0 aromatic rings. The highest BCUT2D eigenvalue weighted by Crippen LogP contribution is 2.26. The summed E-state index contributed by atoms with van der Waals surface area (Å²) in [5, 5.41) is 3.34. The molecule has 0 aromatic carbocycles. The topological polar surface area (TPSA) is 41.6 Å². The summed E-state index contributed by atoms with van der Waals surface area (Å²) in [5.74, 6) is 0.847. The Morgan fingerprint density at radius 1 is 1.53 bits per heavy atom. The van der Waals surface area contributed by atoms with Crippen molar-refractivity contribution in [2.75, 3.05) is 32.8 Å². The Kier molecular flexibility index (Phi) is 3.59. The summed E-state index contributed by atoms with van der Waals surface area (Å²) in [7, 11) is 0. The second kappa shape index (κ2) is 4.94. The van der Waals surface area contributed by atoms with Gasteiger partial charge in [-0.15, -0.1) is 0 Å². The third kappa shape index (κ3) is 2.32. The lowest BCUT2D eigenvalue weighted by atomic mass is 10.1. The number of hydrogen-bond donors (Lipinski definition) is 1. The Morgan fingerprint density at radius 3 is 3.20 bits per heavy atom. The van der Waals surface area contributed by atoms with Crippen LogP contribution in [0.25, 0.3) is 0 Å². The first-order valence-corrected chi connectivity index (χ1v) is 5.91. The number of carbonyl (C=O) groups is 1. The molecule has 0 aliphatic carbocycles. The molecule has 0 saturated carbocycles. The fourth-order valence-corrected chi connectivity index (χ4v) is 2.55. The minimum atomic E-state index is 0.166. The number of likely N-dealkylation sites (tertiary alicyclic amines) is 1. The van der Waals surface area contributed by atoms with Crippen LogP contribution < -0.4 is 5.32 Å². The zero-order chi connectivity index (χ0) is 10.7. The van der Waals surface area contributed by atoms with Gasteiger partial charge in [0.25, 0.3) is 0 Å². The number of amides is 1. The Balaban J connectivity index is 1.80. The molecule has 1 N–H and O–H groups in total. The molecule has 2 saturated heterocycles. The molecule has 2 aliphatic heterocycles. The van der Waals surface area contributed by atoms with Crippen molar-refractivity contribution < 1.29 is 9.53 Å². The molecule has 86 valence electrons. The van der Waals surface area contributed by atoms with E-state index in [1.54, 1.807) is 0 Å². The summed E-state index contributed by atoms with van der Waals surface area (Å²) in [6, 6.07) is 0.433. The third-order valence-corrected chi connectivity index (χ3v) is 3.34. The van der Waals surface area contributed by atoms with Crippen molar-refractivity contribution in [2.45, 2.75) is 25.8 Å². The molecular formula is C11H20N2O2. The fraction of sp³-hybridized carbons (Fsp3) is 0.909. The monoisotopic (exact) mass is 212 g/mol. The van der Waals surface area contributed by atoms with Crippen molar-refractivity contribution in [3.8, 4) is 0 Å². The van der Waals surface area contributed by atoms with Crippen molar-refractivity contribution >= 4 is 5.91 Å². The first kappa shape index (κ1) is 10.9. The molecule has 0 bridgehead atoms. The number of carbonyl (C=O) groups excluding carboxylic acids is 1. The quantitative estimate of drug-likeness (QED) is 0.678. The Labute approximate surface area is 91.0 Å². The SMILES string of the molecule is CCCOCC(=O)N1CC[C@H]2CNC[C@H]21. The van der Waals surface area contributed by atoms with Gasteiger partial charge in [-0.2, -0.15) is 0 Å². The highest BCUT2D eigenvalue weighted by molar-refractivity contribution is 5.78. The molecule has 1 amide bonds. The van der Waals surface area contributed by atoms with E-state index in [0.717, 1.165) is 32.5 Å². The minimum Gasteiger partial charge on any atom is -0.372 e. The van der Waals surface area contributed by atoms with E-state index in [1.165, 1.54) is 0 Å². The van der Waals surface area contributed by atoms with Gasteiger partial charge in [0, 0.05) is 32.3 Å². The van der Waals surface area contributed by atoms with Crippen LogP contribution in [0.5, 0.6) is 0 Å². The van der Waals surface area contributed by atoms with Gasteiger partial charge in [-0.3, -0.25) is 4.79 Å². The molecule has 2 fully saturated rings. The van der Waals surface area contributed by atoms with Gasteiger partial charge in [0.05, 0.1) is 0 Å². The maximum atomic E-state index is 11.8. The van der Waals surface area contributed by atoms with Gasteiger partial charge in [0.15, 0.2) is 0 Å². The summed E-state index contributed by atoms with van der Waals surface area (Å²) in [6.45, 7) is 5.96. The largest absolute Gasteiger partial charge is 0.372 e. The summed E-state index contributed by atoms with van der Waals surface area (Å²) in [4.78, 5) is 13.8. The van der Waals surface area contributed by atoms with Crippen molar-refractivity contribution in [1.82, 2.24) is 10.2 Å². The zero-order valence-electron chi connectivity index (χ0n) is 9.37. The van der Waals surface area contributed by atoms with Gasteiger partial charge in [-0.25, -0.2) is 0 Å². The maximum Gasteiger partial charge on any atom is 0.248 e. The molecule has 2 rings (SSSR count). The van der Waals surface area contributed by atoms with Crippen LogP contribution in [0.15, 0.2) is 0 Å². The van der Waals surface area contributed by atoms with E-state index >= 15 is 0 Å². The van der Waals surface area contributed by atoms with E-state index < -0.39 is 0 Å². The molecule has 0 unspecified atom stereocenters. The van der Waals surface area contributed by atoms with Gasteiger partial charge in [0.2, 0.25) is 5.91 Å². The standard InChI is InChI=1S/C11H20N2O2/c1-2-5-15-8-11(14)13-4-3-9-6-12-7-10(9)13/h9-10,12H,2-8H2,1H3/t9-,10+/m0/s1. The van der Waals surface area contributed by atoms with Crippen LogP contribution >= 0.6 is 0 Å². The molecule has 0 spiro atoms. The molecule has 2 aliphatic rings. The van der Waals surface area contributed by atoms with E-state index in [4.69, 9.17) is 4.74 Å². The number of hydrogen-bond acceptors (Lipinski definition) is 3. The number of nitrogens with one attached hydrogen (secondary N) is 1. The molecule has 0 aromatic heterocycles. The van der Waals surface area contributed by atoms with Crippen LogP contribution in [-0.2, 0) is 9.53 Å². The van der Waals surface area contributed by atoms with Crippen LogP contribution in [0.1, 0.15) is 19.8 Å². The van der Waals surface area contributed by atoms with Crippen LogP contribution in [0.2, 0.25) is 0 Å². The molecule has 2 atom stereocenters. The lowest BCUT2D eigenvalue weighted by Gasteiger charge is -2.23. The van der Waals surface area contributed by atoms with Gasteiger partial charge in [0.1, 0.15) is 6.61 Å². The second-order valence-corrected chi connectivity index (χ2v) is 4.41. The molecule has 15 heavy (non-hydrogen) atoms. The summed E-state index contributed by atoms with van der Waals surface area (Å²) < 4.78 is 5.29. The van der Waals surface area contributed by atoms with Crippen LogP contribution in [0, 0.1) is 5.92 Å². The predicted molar refractivity (Wildman–Crippen MR) is 57.6 cm³/mol. The maximum absolute atomic E-state index is 11.8. The van der Waals surface area contributed by atoms with Crippen molar-refractivity contribution in [3.63, 3.8) is 0 Å². The first-order chi connectivity index (χ1) is 7.33. The van der Waals surface area contributed by atoms with Gasteiger partial charge in [-0.1, -0.05) is 6.92 Å². The van der Waals surface area contributed by atoms with Crippen molar-refractivity contribution in [1.29, 1.82) is 0 Å². The minimum absolute atomic E-state index is 0.166. The Bertz CT molecular complexity index is 233. The predicted octanol–water partition coefficient (Wildman–Crippen LogP) is 0.233. The normalized spacial score (nSPS) is 29.5. The third-order valence-electron chi connectivity index (χ3n) is 3.34. The molecule has 4 heteroatoms. The molecule has 2 heterocycles. The number of ether oxygens (including phenoxy) is 1. The summed E-state index contributed by atoms with van der Waals surface area (Å²) >= 11 is 0. The number of rotatable bonds is 4. The van der Waals surface area contributed by atoms with Crippen molar-refractivity contribution in [2.24, 2.45) is 5.92 Å². The van der Waals surface area contributed by atoms with Gasteiger partial charge >= 0.3 is 0 Å².